The molecule has 0 N–H and O–H groups in total. The van der Waals surface area contributed by atoms with E-state index in [0.29, 0.717) is 17.9 Å². The first kappa shape index (κ1) is 33.2. The van der Waals surface area contributed by atoms with Crippen LogP contribution in [-0.2, 0) is 12.8 Å². The number of rotatable bonds is 12. The lowest BCUT2D eigenvalue weighted by Gasteiger charge is -2.49. The highest BCUT2D eigenvalue weighted by molar-refractivity contribution is 8.22. The Morgan fingerprint density at radius 2 is 1.41 bits per heavy atom. The molecule has 0 saturated carbocycles. The van der Waals surface area contributed by atoms with Gasteiger partial charge in [0.2, 0.25) is 0 Å². The van der Waals surface area contributed by atoms with Gasteiger partial charge in [0, 0.05) is 31.4 Å². The van der Waals surface area contributed by atoms with Crippen molar-refractivity contribution in [3.05, 3.63) is 46.5 Å². The third-order valence-corrected chi connectivity index (χ3v) is 11.8. The Balaban J connectivity index is 1.45. The predicted molar refractivity (Wildman–Crippen MR) is 186 cm³/mol. The van der Waals surface area contributed by atoms with Crippen molar-refractivity contribution in [1.82, 2.24) is 9.80 Å². The van der Waals surface area contributed by atoms with Crippen LogP contribution in [0.25, 0.3) is 0 Å². The topological polar surface area (TPSA) is 43.4 Å². The molecule has 4 atom stereocenters. The Morgan fingerprint density at radius 3 is 2.05 bits per heavy atom. The van der Waals surface area contributed by atoms with Gasteiger partial charge in [0.1, 0.15) is 4.32 Å². The van der Waals surface area contributed by atoms with E-state index in [1.165, 1.54) is 54.4 Å². The van der Waals surface area contributed by atoms with Gasteiger partial charge in [-0.2, -0.15) is 0 Å². The Morgan fingerprint density at radius 1 is 0.795 bits per heavy atom. The molecule has 242 valence electrons. The van der Waals surface area contributed by atoms with E-state index in [9.17, 15) is 0 Å². The molecule has 8 heteroatoms. The third kappa shape index (κ3) is 6.97. The molecule has 5 rings (SSSR count). The van der Waals surface area contributed by atoms with Gasteiger partial charge >= 0.3 is 0 Å². The summed E-state index contributed by atoms with van der Waals surface area (Å²) in [4.78, 5) is 5.28. The van der Waals surface area contributed by atoms with Crippen molar-refractivity contribution >= 4 is 28.3 Å². The van der Waals surface area contributed by atoms with Crippen molar-refractivity contribution in [2.45, 2.75) is 83.7 Å². The molecule has 1 unspecified atom stereocenters. The highest BCUT2D eigenvalue weighted by Gasteiger charge is 2.41. The van der Waals surface area contributed by atoms with Crippen LogP contribution in [0.5, 0.6) is 23.0 Å². The van der Waals surface area contributed by atoms with Crippen LogP contribution in [0.2, 0.25) is 0 Å². The van der Waals surface area contributed by atoms with Crippen LogP contribution in [0.4, 0.5) is 0 Å². The predicted octanol–water partition coefficient (Wildman–Crippen LogP) is 8.25. The molecule has 0 aliphatic carbocycles. The smallest absolute Gasteiger partial charge is 0.161 e. The van der Waals surface area contributed by atoms with Gasteiger partial charge in [0.15, 0.2) is 23.0 Å². The number of thiocarbonyl (C=S) groups is 1. The zero-order valence-electron chi connectivity index (χ0n) is 27.7. The fraction of sp³-hybridized carbons (Fsp3) is 0.639. The number of hydrogen-bond donors (Lipinski definition) is 0. The summed E-state index contributed by atoms with van der Waals surface area (Å²) in [6.07, 6.45) is 10.5. The number of benzene rings is 2. The van der Waals surface area contributed by atoms with Gasteiger partial charge in [-0.25, -0.2) is 0 Å². The van der Waals surface area contributed by atoms with Crippen molar-refractivity contribution < 1.29 is 18.9 Å². The highest BCUT2D eigenvalue weighted by atomic mass is 32.2. The summed E-state index contributed by atoms with van der Waals surface area (Å²) in [7, 11) is 6.94. The van der Waals surface area contributed by atoms with Gasteiger partial charge in [0.05, 0.1) is 34.5 Å². The summed E-state index contributed by atoms with van der Waals surface area (Å²) in [5.41, 5.74) is 5.54. The van der Waals surface area contributed by atoms with Gasteiger partial charge in [-0.3, -0.25) is 4.90 Å². The third-order valence-electron chi connectivity index (χ3n) is 10.3. The molecule has 2 aromatic carbocycles. The lowest BCUT2D eigenvalue weighted by molar-refractivity contribution is 0.0381. The minimum Gasteiger partial charge on any atom is -0.493 e. The number of nitrogens with zero attached hydrogens (tertiary/aromatic N) is 2. The van der Waals surface area contributed by atoms with Crippen LogP contribution in [-0.4, -0.2) is 67.9 Å². The summed E-state index contributed by atoms with van der Waals surface area (Å²) in [5.74, 6) is 5.60. The first-order valence-electron chi connectivity index (χ1n) is 16.6. The molecular weight excluding hydrogens is 589 g/mol. The standard InChI is InChI=1S/C36H52N2O4S2/c1-7-9-10-11-16-44-36(43)38-15-13-26-20-33(40-4)35(42-6)22-29(26)31(38)18-27-17-30-28-21-34(41-5)32(39-3)19-25(28)12-14-37(30)23-24(27)8-2/h19-22,24,27,30-31H,7-18,23H2,1-6H3/t24-,27+,30?,31+/m0/s1. The largest absolute Gasteiger partial charge is 0.493 e. The van der Waals surface area contributed by atoms with E-state index in [1.54, 1.807) is 28.4 Å². The molecule has 44 heavy (non-hydrogen) atoms. The molecule has 1 saturated heterocycles. The van der Waals surface area contributed by atoms with Crippen LogP contribution in [0, 0.1) is 11.8 Å². The molecule has 0 aromatic heterocycles. The SMILES string of the molecule is CCCCCCSC(=S)N1CCc2cc(OC)c(OC)cc2[C@H]1C[C@H]1CC2c3cc(OC)c(OC)cc3CCN2C[C@@H]1CC. The van der Waals surface area contributed by atoms with Crippen molar-refractivity contribution in [2.75, 3.05) is 53.8 Å². The first-order valence-corrected chi connectivity index (χ1v) is 18.0. The van der Waals surface area contributed by atoms with E-state index >= 15 is 0 Å². The fourth-order valence-electron chi connectivity index (χ4n) is 7.81. The monoisotopic (exact) mass is 640 g/mol. The van der Waals surface area contributed by atoms with E-state index < -0.39 is 0 Å². The molecule has 3 aliphatic heterocycles. The lowest BCUT2D eigenvalue weighted by Crippen LogP contribution is -2.47. The Kier molecular flexibility index (Phi) is 11.6. The van der Waals surface area contributed by atoms with Crippen LogP contribution < -0.4 is 18.9 Å². The summed E-state index contributed by atoms with van der Waals surface area (Å²) in [6.45, 7) is 7.84. The zero-order chi connectivity index (χ0) is 31.2. The van der Waals surface area contributed by atoms with Gasteiger partial charge in [0.25, 0.3) is 0 Å². The molecule has 1 fully saturated rings. The number of thioether (sulfide) groups is 1. The average molecular weight is 641 g/mol. The van der Waals surface area contributed by atoms with Crippen LogP contribution in [0.3, 0.4) is 0 Å². The van der Waals surface area contributed by atoms with Crippen LogP contribution in [0.1, 0.15) is 93.1 Å². The minimum atomic E-state index is 0.230. The number of fused-ring (bicyclic) bond motifs is 4. The van der Waals surface area contributed by atoms with E-state index in [1.807, 2.05) is 11.8 Å². The fourth-order valence-corrected chi connectivity index (χ4v) is 9.19. The summed E-state index contributed by atoms with van der Waals surface area (Å²) < 4.78 is 24.0. The zero-order valence-corrected chi connectivity index (χ0v) is 29.3. The van der Waals surface area contributed by atoms with Crippen molar-refractivity contribution in [3.8, 4) is 23.0 Å². The van der Waals surface area contributed by atoms with Gasteiger partial charge in [-0.15, -0.1) is 0 Å². The molecule has 0 amide bonds. The van der Waals surface area contributed by atoms with Gasteiger partial charge in [-0.1, -0.05) is 63.5 Å². The summed E-state index contributed by atoms with van der Waals surface area (Å²) >= 11 is 8.07. The van der Waals surface area contributed by atoms with E-state index in [-0.39, 0.29) is 6.04 Å². The van der Waals surface area contributed by atoms with Crippen LogP contribution in [0.15, 0.2) is 24.3 Å². The summed E-state index contributed by atoms with van der Waals surface area (Å²) in [5, 5.41) is 0. The molecule has 0 spiro atoms. The van der Waals surface area contributed by atoms with E-state index in [0.717, 1.165) is 78.4 Å². The Hall–Kier alpha value is -2.16. The van der Waals surface area contributed by atoms with Crippen molar-refractivity contribution in [3.63, 3.8) is 0 Å². The first-order chi connectivity index (χ1) is 21.5. The maximum absolute atomic E-state index is 6.19. The molecule has 0 bridgehead atoms. The summed E-state index contributed by atoms with van der Waals surface area (Å²) in [6, 6.07) is 9.53. The second-order valence-electron chi connectivity index (χ2n) is 12.6. The molecule has 6 nitrogen and oxygen atoms in total. The molecule has 2 aromatic rings. The number of hydrogen-bond acceptors (Lipinski definition) is 7. The van der Waals surface area contributed by atoms with Gasteiger partial charge in [-0.05, 0) is 90.5 Å². The highest BCUT2D eigenvalue weighted by Crippen LogP contribution is 2.49. The molecular formula is C36H52N2O4S2. The second-order valence-corrected chi connectivity index (χ2v) is 14.3. The average Bonchev–Trinajstić information content (AvgIpc) is 3.06. The lowest BCUT2D eigenvalue weighted by atomic mass is 9.72. The van der Waals surface area contributed by atoms with Crippen molar-refractivity contribution in [1.29, 1.82) is 0 Å². The quantitative estimate of drug-likeness (QED) is 0.170. The number of unbranched alkanes of at least 4 members (excludes halogenated alkanes) is 3. The number of methoxy groups -OCH3 is 4. The van der Waals surface area contributed by atoms with Crippen LogP contribution >= 0.6 is 24.0 Å². The van der Waals surface area contributed by atoms with Gasteiger partial charge < -0.3 is 23.8 Å². The number of ether oxygens (including phenoxy) is 4. The van der Waals surface area contributed by atoms with Crippen molar-refractivity contribution in [2.24, 2.45) is 11.8 Å². The van der Waals surface area contributed by atoms with E-state index in [4.69, 9.17) is 31.2 Å². The second kappa shape index (κ2) is 15.4. The normalized spacial score (nSPS) is 22.9. The maximum atomic E-state index is 6.19. The molecule has 3 heterocycles. The maximum Gasteiger partial charge on any atom is 0.161 e. The number of piperidine rings is 1. The molecule has 3 aliphatic rings. The molecule has 0 radical (unpaired) electrons. The minimum absolute atomic E-state index is 0.230. The Labute approximate surface area is 275 Å². The van der Waals surface area contributed by atoms with E-state index in [2.05, 4.69) is 47.9 Å². The Bertz CT molecular complexity index is 1290.